The Morgan fingerprint density at radius 2 is 2.20 bits per heavy atom. The summed E-state index contributed by atoms with van der Waals surface area (Å²) in [5.41, 5.74) is -0.964. The highest BCUT2D eigenvalue weighted by Gasteiger charge is 1.91. The molecule has 4 heteroatoms. The minimum atomic E-state index is -0.560. The van der Waals surface area contributed by atoms with Crippen molar-refractivity contribution >= 4 is 6.08 Å². The van der Waals surface area contributed by atoms with Gasteiger partial charge in [-0.3, -0.25) is 9.78 Å². The summed E-state index contributed by atoms with van der Waals surface area (Å²) in [5.74, 6) is 0. The number of aromatic amines is 2. The first-order valence-electron chi connectivity index (χ1n) is 2.56. The van der Waals surface area contributed by atoms with Gasteiger partial charge in [0.05, 0.1) is 5.56 Å². The molecule has 0 spiro atoms. The lowest BCUT2D eigenvalue weighted by Gasteiger charge is -1.86. The SMILES string of the molecule is [C]=Cc1c[nH]c(=O)[nH]c1=O. The van der Waals surface area contributed by atoms with Gasteiger partial charge in [-0.25, -0.2) is 4.79 Å². The Morgan fingerprint density at radius 1 is 1.50 bits per heavy atom. The first-order valence-corrected chi connectivity index (χ1v) is 2.56. The van der Waals surface area contributed by atoms with Crippen LogP contribution in [0.25, 0.3) is 6.08 Å². The molecule has 0 aliphatic rings. The van der Waals surface area contributed by atoms with Crippen LogP contribution in [0, 0.1) is 6.58 Å². The molecule has 10 heavy (non-hydrogen) atoms. The summed E-state index contributed by atoms with van der Waals surface area (Å²) in [6.07, 6.45) is 2.06. The molecule has 0 unspecified atom stereocenters. The summed E-state index contributed by atoms with van der Waals surface area (Å²) >= 11 is 0. The number of H-pyrrole nitrogens is 2. The Morgan fingerprint density at radius 3 is 2.70 bits per heavy atom. The zero-order chi connectivity index (χ0) is 7.56. The molecule has 0 aliphatic carbocycles. The highest BCUT2D eigenvalue weighted by atomic mass is 16.2. The quantitative estimate of drug-likeness (QED) is 0.540. The molecule has 2 radical (unpaired) electrons. The van der Waals surface area contributed by atoms with Crippen molar-refractivity contribution in [3.63, 3.8) is 0 Å². The summed E-state index contributed by atoms with van der Waals surface area (Å²) in [6.45, 7) is 6.69. The minimum Gasteiger partial charge on any atom is -0.314 e. The van der Waals surface area contributed by atoms with E-state index in [1.165, 1.54) is 6.20 Å². The van der Waals surface area contributed by atoms with Crippen LogP contribution in [0.5, 0.6) is 0 Å². The molecule has 0 amide bonds. The van der Waals surface area contributed by atoms with Gasteiger partial charge in [0.15, 0.2) is 0 Å². The molecule has 4 nitrogen and oxygen atoms in total. The monoisotopic (exact) mass is 136 g/mol. The van der Waals surface area contributed by atoms with Gasteiger partial charge in [0.25, 0.3) is 5.56 Å². The molecule has 0 saturated carbocycles. The number of nitrogens with one attached hydrogen (secondary N) is 2. The Labute approximate surface area is 56.2 Å². The first-order chi connectivity index (χ1) is 4.74. The summed E-state index contributed by atoms with van der Waals surface area (Å²) in [6, 6.07) is 0. The minimum absolute atomic E-state index is 0.139. The number of hydrogen-bond acceptors (Lipinski definition) is 2. The van der Waals surface area contributed by atoms with Gasteiger partial charge < -0.3 is 4.98 Å². The summed E-state index contributed by atoms with van der Waals surface area (Å²) < 4.78 is 0. The van der Waals surface area contributed by atoms with Crippen LogP contribution in [0.1, 0.15) is 5.56 Å². The fraction of sp³-hybridized carbons (Fsp3) is 0. The molecule has 0 bridgehead atoms. The Balaban J connectivity index is 3.48. The smallest absolute Gasteiger partial charge is 0.314 e. The third-order valence-electron chi connectivity index (χ3n) is 1.00. The third-order valence-corrected chi connectivity index (χ3v) is 1.00. The second-order valence-electron chi connectivity index (χ2n) is 1.67. The zero-order valence-electron chi connectivity index (χ0n) is 4.97. The highest BCUT2D eigenvalue weighted by molar-refractivity contribution is 5.41. The highest BCUT2D eigenvalue weighted by Crippen LogP contribution is 1.82. The molecule has 1 heterocycles. The zero-order valence-corrected chi connectivity index (χ0v) is 4.97. The summed E-state index contributed by atoms with van der Waals surface area (Å²) in [7, 11) is 0. The maximum absolute atomic E-state index is 10.6. The molecule has 0 saturated heterocycles. The number of aromatic nitrogens is 2. The molecule has 1 aromatic rings. The van der Waals surface area contributed by atoms with E-state index in [0.717, 1.165) is 6.08 Å². The summed E-state index contributed by atoms with van der Waals surface area (Å²) in [5, 5.41) is 0. The third kappa shape index (κ3) is 1.05. The van der Waals surface area contributed by atoms with Gasteiger partial charge in [-0.1, -0.05) is 0 Å². The van der Waals surface area contributed by atoms with E-state index in [-0.39, 0.29) is 5.56 Å². The van der Waals surface area contributed by atoms with Gasteiger partial charge in [-0.2, -0.15) is 0 Å². The van der Waals surface area contributed by atoms with Gasteiger partial charge in [-0.15, -0.1) is 0 Å². The van der Waals surface area contributed by atoms with Crippen molar-refractivity contribution in [2.24, 2.45) is 0 Å². The second-order valence-corrected chi connectivity index (χ2v) is 1.67. The lowest BCUT2D eigenvalue weighted by molar-refractivity contribution is 1.03. The molecule has 2 N–H and O–H groups in total. The first kappa shape index (κ1) is 6.54. The molecule has 0 aliphatic heterocycles. The standard InChI is InChI=1S/C6H4N2O2/c1-2-4-3-7-6(10)8-5(4)9/h2-3H,(H2,7,8,9,10). The van der Waals surface area contributed by atoms with Crippen molar-refractivity contribution in [3.8, 4) is 0 Å². The molecule has 50 valence electrons. The lowest BCUT2D eigenvalue weighted by atomic mass is 10.3. The average Bonchev–Trinajstić information content (AvgIpc) is 1.88. The van der Waals surface area contributed by atoms with Crippen molar-refractivity contribution in [1.29, 1.82) is 0 Å². The van der Waals surface area contributed by atoms with E-state index in [1.807, 2.05) is 4.98 Å². The van der Waals surface area contributed by atoms with E-state index in [4.69, 9.17) is 6.58 Å². The van der Waals surface area contributed by atoms with Gasteiger partial charge >= 0.3 is 5.69 Å². The normalized spacial score (nSPS) is 9.20. The van der Waals surface area contributed by atoms with Gasteiger partial charge in [0.2, 0.25) is 0 Å². The summed E-state index contributed by atoms with van der Waals surface area (Å²) in [4.78, 5) is 25.2. The van der Waals surface area contributed by atoms with Crippen molar-refractivity contribution in [2.45, 2.75) is 0 Å². The molecule has 0 aromatic carbocycles. The fourth-order valence-electron chi connectivity index (χ4n) is 0.527. The fourth-order valence-corrected chi connectivity index (χ4v) is 0.527. The molecule has 0 fully saturated rings. The maximum Gasteiger partial charge on any atom is 0.325 e. The number of hydrogen-bond donors (Lipinski definition) is 2. The molecule has 0 atom stereocenters. The van der Waals surface area contributed by atoms with Gasteiger partial charge in [0, 0.05) is 6.20 Å². The lowest BCUT2D eigenvalue weighted by Crippen LogP contribution is -2.22. The van der Waals surface area contributed by atoms with Gasteiger partial charge in [0.1, 0.15) is 0 Å². The average molecular weight is 136 g/mol. The predicted octanol–water partition coefficient (Wildman–Crippen LogP) is -0.614. The van der Waals surface area contributed by atoms with Crippen molar-refractivity contribution < 1.29 is 0 Å². The van der Waals surface area contributed by atoms with Crippen LogP contribution in [0.4, 0.5) is 0 Å². The van der Waals surface area contributed by atoms with E-state index in [2.05, 4.69) is 4.98 Å². The molecule has 1 rings (SSSR count). The Kier molecular flexibility index (Phi) is 1.53. The van der Waals surface area contributed by atoms with E-state index in [9.17, 15) is 9.59 Å². The van der Waals surface area contributed by atoms with E-state index >= 15 is 0 Å². The maximum atomic E-state index is 10.6. The van der Waals surface area contributed by atoms with Crippen LogP contribution in [0.2, 0.25) is 0 Å². The van der Waals surface area contributed by atoms with E-state index < -0.39 is 11.2 Å². The predicted molar refractivity (Wildman–Crippen MR) is 35.4 cm³/mol. The topological polar surface area (TPSA) is 65.7 Å². The van der Waals surface area contributed by atoms with Crippen LogP contribution < -0.4 is 11.2 Å². The van der Waals surface area contributed by atoms with E-state index in [1.54, 1.807) is 0 Å². The van der Waals surface area contributed by atoms with Crippen molar-refractivity contribution in [2.75, 3.05) is 0 Å². The number of rotatable bonds is 1. The van der Waals surface area contributed by atoms with Crippen molar-refractivity contribution in [1.82, 2.24) is 9.97 Å². The Hall–Kier alpha value is -1.58. The largest absolute Gasteiger partial charge is 0.325 e. The van der Waals surface area contributed by atoms with E-state index in [0.29, 0.717) is 0 Å². The van der Waals surface area contributed by atoms with Crippen LogP contribution >= 0.6 is 0 Å². The second kappa shape index (κ2) is 2.34. The van der Waals surface area contributed by atoms with Crippen LogP contribution in [-0.4, -0.2) is 9.97 Å². The molecular formula is C6H4N2O2. The van der Waals surface area contributed by atoms with Crippen LogP contribution in [0.3, 0.4) is 0 Å². The van der Waals surface area contributed by atoms with Crippen molar-refractivity contribution in [3.05, 3.63) is 39.2 Å². The molecule has 1 aromatic heterocycles. The van der Waals surface area contributed by atoms with Crippen LogP contribution in [-0.2, 0) is 0 Å². The Bertz CT molecular complexity index is 347. The molecular weight excluding hydrogens is 132 g/mol. The van der Waals surface area contributed by atoms with Crippen LogP contribution in [0.15, 0.2) is 15.8 Å². The van der Waals surface area contributed by atoms with Gasteiger partial charge in [-0.05, 0) is 12.7 Å².